The van der Waals surface area contributed by atoms with Crippen molar-refractivity contribution in [1.82, 2.24) is 0 Å². The van der Waals surface area contributed by atoms with Gasteiger partial charge in [-0.25, -0.2) is 4.79 Å². The Morgan fingerprint density at radius 1 is 1.26 bits per heavy atom. The topological polar surface area (TPSA) is 76.0 Å². The Morgan fingerprint density at radius 3 is 2.57 bits per heavy atom. The lowest BCUT2D eigenvalue weighted by molar-refractivity contribution is -0.132. The first-order chi connectivity index (χ1) is 10.8. The Bertz CT molecular complexity index is 843. The third kappa shape index (κ3) is 2.20. The molecule has 1 N–H and O–H groups in total. The molecule has 0 radical (unpaired) electrons. The maximum absolute atomic E-state index is 12.9. The van der Waals surface area contributed by atoms with Gasteiger partial charge < -0.3 is 9.84 Å². The second-order valence-corrected chi connectivity index (χ2v) is 5.84. The fourth-order valence-electron chi connectivity index (χ4n) is 3.06. The number of carbonyl (C=O) groups excluding carboxylic acids is 1. The number of aliphatic imine (C=N–C) groups is 1. The highest BCUT2D eigenvalue weighted by Gasteiger charge is 2.37. The first kappa shape index (κ1) is 15.2. The van der Waals surface area contributed by atoms with Crippen LogP contribution in [0.1, 0.15) is 28.4 Å². The second-order valence-electron chi connectivity index (χ2n) is 5.84. The molecule has 118 valence electrons. The van der Waals surface area contributed by atoms with Crippen LogP contribution >= 0.6 is 0 Å². The van der Waals surface area contributed by atoms with E-state index in [-0.39, 0.29) is 11.4 Å². The quantitative estimate of drug-likeness (QED) is 0.910. The average Bonchev–Trinajstić information content (AvgIpc) is 2.51. The molecule has 3 rings (SSSR count). The molecule has 0 fully saturated rings. The van der Waals surface area contributed by atoms with Crippen molar-refractivity contribution in [3.63, 3.8) is 0 Å². The standard InChI is InChI=1S/C18H17NO4/c1-8-5-11-16(13(6-8)18(21)22)19-15-10(3)9(2)14(23-4)7-12(15)17(11)20/h5-7,11H,1-4H3,(H,21,22). The van der Waals surface area contributed by atoms with E-state index in [1.807, 2.05) is 13.8 Å². The number of fused-ring (bicyclic) bond motifs is 2. The van der Waals surface area contributed by atoms with E-state index >= 15 is 0 Å². The number of ketones is 1. The Labute approximate surface area is 134 Å². The molecule has 1 atom stereocenters. The van der Waals surface area contributed by atoms with E-state index in [1.54, 1.807) is 32.3 Å². The van der Waals surface area contributed by atoms with Gasteiger partial charge in [0, 0.05) is 5.56 Å². The van der Waals surface area contributed by atoms with Crippen LogP contribution in [0, 0.1) is 19.8 Å². The number of ether oxygens (including phenoxy) is 1. The van der Waals surface area contributed by atoms with Crippen molar-refractivity contribution in [2.24, 2.45) is 10.9 Å². The van der Waals surface area contributed by atoms with Gasteiger partial charge in [-0.2, -0.15) is 0 Å². The number of carboxylic acid groups (broad SMARTS) is 1. The molecular formula is C18H17NO4. The molecule has 5 heteroatoms. The van der Waals surface area contributed by atoms with Crippen molar-refractivity contribution in [3.8, 4) is 5.75 Å². The summed E-state index contributed by atoms with van der Waals surface area (Å²) in [5, 5.41) is 9.43. The summed E-state index contributed by atoms with van der Waals surface area (Å²) < 4.78 is 5.34. The maximum atomic E-state index is 12.9. The van der Waals surface area contributed by atoms with Crippen LogP contribution in [-0.4, -0.2) is 29.7 Å². The van der Waals surface area contributed by atoms with Crippen molar-refractivity contribution >= 4 is 23.2 Å². The summed E-state index contributed by atoms with van der Waals surface area (Å²) in [4.78, 5) is 29.0. The minimum absolute atomic E-state index is 0.0851. The van der Waals surface area contributed by atoms with Crippen LogP contribution in [0.5, 0.6) is 5.75 Å². The van der Waals surface area contributed by atoms with Gasteiger partial charge in [0.05, 0.1) is 30.0 Å². The van der Waals surface area contributed by atoms with Crippen molar-refractivity contribution in [2.75, 3.05) is 7.11 Å². The molecule has 0 aromatic heterocycles. The third-order valence-electron chi connectivity index (χ3n) is 4.42. The van der Waals surface area contributed by atoms with Crippen molar-refractivity contribution in [3.05, 3.63) is 46.1 Å². The predicted octanol–water partition coefficient (Wildman–Crippen LogP) is 3.17. The van der Waals surface area contributed by atoms with Crippen LogP contribution in [-0.2, 0) is 4.79 Å². The molecule has 1 aromatic rings. The maximum Gasteiger partial charge on any atom is 0.337 e. The summed E-state index contributed by atoms with van der Waals surface area (Å²) in [6.07, 6.45) is 3.32. The zero-order valence-corrected chi connectivity index (χ0v) is 13.4. The Hall–Kier alpha value is -2.69. The van der Waals surface area contributed by atoms with Gasteiger partial charge in [-0.15, -0.1) is 0 Å². The Balaban J connectivity index is 2.30. The number of hydrogen-bond acceptors (Lipinski definition) is 4. The minimum Gasteiger partial charge on any atom is -0.496 e. The summed E-state index contributed by atoms with van der Waals surface area (Å²) in [7, 11) is 1.56. The molecule has 23 heavy (non-hydrogen) atoms. The normalized spacial score (nSPS) is 19.2. The zero-order valence-electron chi connectivity index (χ0n) is 13.4. The van der Waals surface area contributed by atoms with Gasteiger partial charge in [-0.3, -0.25) is 9.79 Å². The van der Waals surface area contributed by atoms with Gasteiger partial charge in [-0.05, 0) is 44.0 Å². The minimum atomic E-state index is -1.07. The van der Waals surface area contributed by atoms with Crippen LogP contribution < -0.4 is 4.74 Å². The van der Waals surface area contributed by atoms with Gasteiger partial charge in [0.1, 0.15) is 5.75 Å². The van der Waals surface area contributed by atoms with Crippen LogP contribution in [0.3, 0.4) is 0 Å². The lowest BCUT2D eigenvalue weighted by Gasteiger charge is -2.27. The molecule has 1 heterocycles. The second kappa shape index (κ2) is 5.19. The predicted molar refractivity (Wildman–Crippen MR) is 86.9 cm³/mol. The summed E-state index contributed by atoms with van der Waals surface area (Å²) in [5.41, 5.74) is 3.89. The SMILES string of the molecule is COc1cc2c(c(C)c1C)N=C1C(C(=O)O)=CC(C)=CC1C2=O. The molecule has 0 saturated heterocycles. The number of nitrogens with zero attached hydrogens (tertiary/aromatic N) is 1. The lowest BCUT2D eigenvalue weighted by Crippen LogP contribution is -2.32. The molecule has 1 aliphatic heterocycles. The number of Topliss-reactive ketones (excluding diaryl/α,β-unsaturated/α-hetero) is 1. The molecule has 1 unspecified atom stereocenters. The highest BCUT2D eigenvalue weighted by Crippen LogP contribution is 2.40. The summed E-state index contributed by atoms with van der Waals surface area (Å²) >= 11 is 0. The average molecular weight is 311 g/mol. The van der Waals surface area contributed by atoms with Gasteiger partial charge >= 0.3 is 5.97 Å². The summed E-state index contributed by atoms with van der Waals surface area (Å²) in [6, 6.07) is 1.70. The molecule has 0 spiro atoms. The summed E-state index contributed by atoms with van der Waals surface area (Å²) in [6.45, 7) is 5.54. The van der Waals surface area contributed by atoms with Gasteiger partial charge in [0.15, 0.2) is 5.78 Å². The molecule has 5 nitrogen and oxygen atoms in total. The fraction of sp³-hybridized carbons (Fsp3) is 0.278. The van der Waals surface area contributed by atoms with Crippen LogP contribution in [0.2, 0.25) is 0 Å². The number of carbonyl (C=O) groups is 2. The lowest BCUT2D eigenvalue weighted by atomic mass is 9.80. The summed E-state index contributed by atoms with van der Waals surface area (Å²) in [5.74, 6) is -1.22. The van der Waals surface area contributed by atoms with E-state index in [1.165, 1.54) is 0 Å². The first-order valence-electron chi connectivity index (χ1n) is 7.30. The van der Waals surface area contributed by atoms with Crippen LogP contribution in [0.4, 0.5) is 5.69 Å². The number of benzene rings is 1. The first-order valence-corrected chi connectivity index (χ1v) is 7.30. The van der Waals surface area contributed by atoms with Crippen LogP contribution in [0.15, 0.2) is 34.4 Å². The molecule has 1 aliphatic carbocycles. The van der Waals surface area contributed by atoms with E-state index < -0.39 is 11.9 Å². The van der Waals surface area contributed by atoms with E-state index in [0.29, 0.717) is 22.7 Å². The Kier molecular flexibility index (Phi) is 3.43. The number of rotatable bonds is 2. The molecule has 1 aromatic carbocycles. The van der Waals surface area contributed by atoms with E-state index in [0.717, 1.165) is 16.7 Å². The highest BCUT2D eigenvalue weighted by atomic mass is 16.5. The van der Waals surface area contributed by atoms with Gasteiger partial charge in [-0.1, -0.05) is 11.6 Å². The van der Waals surface area contributed by atoms with E-state index in [4.69, 9.17) is 4.74 Å². The van der Waals surface area contributed by atoms with Gasteiger partial charge in [0.2, 0.25) is 0 Å². The van der Waals surface area contributed by atoms with E-state index in [2.05, 4.69) is 4.99 Å². The fourth-order valence-corrected chi connectivity index (χ4v) is 3.06. The number of aliphatic carboxylic acids is 1. The van der Waals surface area contributed by atoms with Crippen molar-refractivity contribution in [2.45, 2.75) is 20.8 Å². The number of hydrogen-bond donors (Lipinski definition) is 1. The number of allylic oxidation sites excluding steroid dienone is 3. The molecular weight excluding hydrogens is 294 g/mol. The zero-order chi connectivity index (χ0) is 16.9. The number of methoxy groups -OCH3 is 1. The van der Waals surface area contributed by atoms with Gasteiger partial charge in [0.25, 0.3) is 0 Å². The highest BCUT2D eigenvalue weighted by molar-refractivity contribution is 6.32. The molecule has 2 aliphatic rings. The molecule has 0 amide bonds. The largest absolute Gasteiger partial charge is 0.496 e. The number of carboxylic acids is 1. The smallest absolute Gasteiger partial charge is 0.337 e. The molecule has 0 saturated carbocycles. The van der Waals surface area contributed by atoms with Crippen molar-refractivity contribution < 1.29 is 19.4 Å². The van der Waals surface area contributed by atoms with Crippen molar-refractivity contribution in [1.29, 1.82) is 0 Å². The third-order valence-corrected chi connectivity index (χ3v) is 4.42. The molecule has 0 bridgehead atoms. The van der Waals surface area contributed by atoms with E-state index in [9.17, 15) is 14.7 Å². The van der Waals surface area contributed by atoms with Crippen LogP contribution in [0.25, 0.3) is 0 Å². The Morgan fingerprint density at radius 2 is 1.96 bits per heavy atom. The monoisotopic (exact) mass is 311 g/mol.